The van der Waals surface area contributed by atoms with Crippen molar-refractivity contribution in [3.05, 3.63) is 22.0 Å². The van der Waals surface area contributed by atoms with E-state index in [9.17, 15) is 0 Å². The maximum Gasteiger partial charge on any atom is 0.187 e. The number of nitrogens with zero attached hydrogens (tertiary/aromatic N) is 2. The number of nitrogens with one attached hydrogen (secondary N) is 1. The molecule has 0 aromatic carbocycles. The summed E-state index contributed by atoms with van der Waals surface area (Å²) < 4.78 is 1.26. The maximum atomic E-state index is 4.82. The van der Waals surface area contributed by atoms with Gasteiger partial charge in [0.2, 0.25) is 0 Å². The predicted octanol–water partition coefficient (Wildman–Crippen LogP) is 1.49. The van der Waals surface area contributed by atoms with Crippen molar-refractivity contribution < 1.29 is 0 Å². The molecule has 0 unspecified atom stereocenters. The highest BCUT2D eigenvalue weighted by Gasteiger charge is 2.26. The molecule has 1 aliphatic heterocycles. The molecule has 2 rings (SSSR count). The Bertz CT molecular complexity index is 548. The second-order valence-electron chi connectivity index (χ2n) is 4.99. The van der Waals surface area contributed by atoms with Crippen molar-refractivity contribution in [2.45, 2.75) is 39.8 Å². The standard InChI is InChI=1S/C15H23N3S/c1-5-7-8-13-14(6-2)19-15(17-13)18-11(3)9-16-10-12(18)4/h5-8,11-12,16H,9-10H2,1-4H3/b7-5+,13-8+,14-6+/t11-,12+. The van der Waals surface area contributed by atoms with Gasteiger partial charge in [0.25, 0.3) is 0 Å². The summed E-state index contributed by atoms with van der Waals surface area (Å²) in [5.74, 6) is 0. The number of aromatic nitrogens is 1. The molecule has 1 saturated heterocycles. The van der Waals surface area contributed by atoms with Gasteiger partial charge in [-0.15, -0.1) is 0 Å². The Morgan fingerprint density at radius 2 is 1.95 bits per heavy atom. The van der Waals surface area contributed by atoms with Gasteiger partial charge in [-0.3, -0.25) is 0 Å². The van der Waals surface area contributed by atoms with E-state index in [1.165, 1.54) is 4.53 Å². The number of rotatable bonds is 2. The van der Waals surface area contributed by atoms with Crippen molar-refractivity contribution >= 4 is 28.6 Å². The van der Waals surface area contributed by atoms with Crippen LogP contribution in [0.1, 0.15) is 27.7 Å². The van der Waals surface area contributed by atoms with Crippen molar-refractivity contribution in [3.8, 4) is 0 Å². The van der Waals surface area contributed by atoms with Gasteiger partial charge in [0.1, 0.15) is 0 Å². The van der Waals surface area contributed by atoms with Crippen LogP contribution in [0, 0.1) is 0 Å². The van der Waals surface area contributed by atoms with Crippen molar-refractivity contribution in [1.82, 2.24) is 10.3 Å². The first kappa shape index (κ1) is 14.3. The summed E-state index contributed by atoms with van der Waals surface area (Å²) in [7, 11) is 0. The molecule has 1 aliphatic rings. The minimum Gasteiger partial charge on any atom is -0.340 e. The molecule has 1 fully saturated rings. The van der Waals surface area contributed by atoms with Gasteiger partial charge in [-0.2, -0.15) is 0 Å². The molecular formula is C15H23N3S. The predicted molar refractivity (Wildman–Crippen MR) is 85.1 cm³/mol. The van der Waals surface area contributed by atoms with E-state index in [-0.39, 0.29) is 0 Å². The molecule has 1 aromatic rings. The Labute approximate surface area is 119 Å². The van der Waals surface area contributed by atoms with E-state index in [0.717, 1.165) is 23.6 Å². The summed E-state index contributed by atoms with van der Waals surface area (Å²) in [6.45, 7) is 10.7. The molecular weight excluding hydrogens is 254 g/mol. The van der Waals surface area contributed by atoms with Crippen LogP contribution < -0.4 is 20.1 Å². The van der Waals surface area contributed by atoms with Crippen LogP contribution in [0.2, 0.25) is 0 Å². The van der Waals surface area contributed by atoms with E-state index in [1.807, 2.05) is 13.0 Å². The van der Waals surface area contributed by atoms with Gasteiger partial charge < -0.3 is 10.2 Å². The summed E-state index contributed by atoms with van der Waals surface area (Å²) >= 11 is 1.79. The Hall–Kier alpha value is -1.13. The molecule has 2 atom stereocenters. The van der Waals surface area contributed by atoms with Gasteiger partial charge in [0.15, 0.2) is 5.13 Å². The fourth-order valence-corrected chi connectivity index (χ4v) is 3.61. The second-order valence-corrected chi connectivity index (χ2v) is 6.00. The zero-order chi connectivity index (χ0) is 13.8. The molecule has 0 saturated carbocycles. The van der Waals surface area contributed by atoms with Crippen LogP contribution in [0.3, 0.4) is 0 Å². The Balaban J connectivity index is 2.43. The molecule has 0 bridgehead atoms. The highest BCUT2D eigenvalue weighted by molar-refractivity contribution is 7.13. The SMILES string of the molecule is C/C=C/C=c1/nc(N2[C@H](C)CNC[C@@H]2C)s/c1=C/C. The summed E-state index contributed by atoms with van der Waals surface area (Å²) in [4.78, 5) is 7.27. The zero-order valence-corrected chi connectivity index (χ0v) is 13.0. The first-order valence-corrected chi connectivity index (χ1v) is 7.74. The normalized spacial score (nSPS) is 26.6. The molecule has 1 aromatic heterocycles. The first-order valence-electron chi connectivity index (χ1n) is 6.92. The lowest BCUT2D eigenvalue weighted by Crippen LogP contribution is -2.55. The van der Waals surface area contributed by atoms with E-state index in [2.05, 4.69) is 49.2 Å². The largest absolute Gasteiger partial charge is 0.340 e. The number of thiazole rings is 1. The third-order valence-corrected chi connectivity index (χ3v) is 4.58. The van der Waals surface area contributed by atoms with Crippen LogP contribution in [-0.2, 0) is 0 Å². The summed E-state index contributed by atoms with van der Waals surface area (Å²) in [6, 6.07) is 0.989. The summed E-state index contributed by atoms with van der Waals surface area (Å²) in [5.41, 5.74) is 0. The van der Waals surface area contributed by atoms with E-state index in [4.69, 9.17) is 4.98 Å². The topological polar surface area (TPSA) is 28.2 Å². The minimum absolute atomic E-state index is 0.495. The number of anilines is 1. The van der Waals surface area contributed by atoms with Crippen LogP contribution in [-0.4, -0.2) is 30.2 Å². The zero-order valence-electron chi connectivity index (χ0n) is 12.2. The van der Waals surface area contributed by atoms with Gasteiger partial charge in [-0.25, -0.2) is 4.98 Å². The van der Waals surface area contributed by atoms with E-state index < -0.39 is 0 Å². The molecule has 0 spiro atoms. The van der Waals surface area contributed by atoms with Crippen LogP contribution in [0.5, 0.6) is 0 Å². The van der Waals surface area contributed by atoms with Crippen molar-refractivity contribution in [1.29, 1.82) is 0 Å². The molecule has 1 N–H and O–H groups in total. The van der Waals surface area contributed by atoms with Crippen LogP contribution in [0.25, 0.3) is 12.2 Å². The molecule has 0 aliphatic carbocycles. The van der Waals surface area contributed by atoms with Crippen molar-refractivity contribution in [2.75, 3.05) is 18.0 Å². The van der Waals surface area contributed by atoms with Gasteiger partial charge in [-0.1, -0.05) is 29.6 Å². The highest BCUT2D eigenvalue weighted by atomic mass is 32.1. The third kappa shape index (κ3) is 3.07. The van der Waals surface area contributed by atoms with Gasteiger partial charge in [0, 0.05) is 25.2 Å². The lowest BCUT2D eigenvalue weighted by Gasteiger charge is -2.39. The Kier molecular flexibility index (Phi) is 4.77. The molecule has 104 valence electrons. The smallest absolute Gasteiger partial charge is 0.187 e. The quantitative estimate of drug-likeness (QED) is 0.888. The molecule has 4 heteroatoms. The molecule has 2 heterocycles. The minimum atomic E-state index is 0.495. The van der Waals surface area contributed by atoms with Gasteiger partial charge in [0.05, 0.1) is 9.88 Å². The Morgan fingerprint density at radius 1 is 1.26 bits per heavy atom. The Morgan fingerprint density at radius 3 is 2.53 bits per heavy atom. The van der Waals surface area contributed by atoms with E-state index >= 15 is 0 Å². The third-order valence-electron chi connectivity index (χ3n) is 3.43. The summed E-state index contributed by atoms with van der Waals surface area (Å²) in [6.07, 6.45) is 8.33. The number of hydrogen-bond donors (Lipinski definition) is 1. The summed E-state index contributed by atoms with van der Waals surface area (Å²) in [5, 5.41) is 5.69. The fourth-order valence-electron chi connectivity index (χ4n) is 2.46. The number of allylic oxidation sites excluding steroid dienone is 2. The van der Waals surface area contributed by atoms with E-state index in [0.29, 0.717) is 12.1 Å². The van der Waals surface area contributed by atoms with Gasteiger partial charge in [-0.05, 0) is 33.8 Å². The monoisotopic (exact) mass is 277 g/mol. The fraction of sp³-hybridized carbons (Fsp3) is 0.533. The average Bonchev–Trinajstić information content (AvgIpc) is 2.79. The van der Waals surface area contributed by atoms with Gasteiger partial charge >= 0.3 is 0 Å². The second kappa shape index (κ2) is 6.35. The van der Waals surface area contributed by atoms with E-state index in [1.54, 1.807) is 11.3 Å². The highest BCUT2D eigenvalue weighted by Crippen LogP contribution is 2.20. The van der Waals surface area contributed by atoms with Crippen LogP contribution in [0.4, 0.5) is 5.13 Å². The maximum absolute atomic E-state index is 4.82. The molecule has 0 amide bonds. The number of piperazine rings is 1. The lowest BCUT2D eigenvalue weighted by atomic mass is 10.1. The van der Waals surface area contributed by atoms with Crippen LogP contribution >= 0.6 is 11.3 Å². The van der Waals surface area contributed by atoms with Crippen LogP contribution in [0.15, 0.2) is 12.2 Å². The molecule has 3 nitrogen and oxygen atoms in total. The van der Waals surface area contributed by atoms with Crippen molar-refractivity contribution in [3.63, 3.8) is 0 Å². The molecule has 0 radical (unpaired) electrons. The molecule has 19 heavy (non-hydrogen) atoms. The lowest BCUT2D eigenvalue weighted by molar-refractivity contribution is 0.431. The first-order chi connectivity index (χ1) is 9.17. The number of hydrogen-bond acceptors (Lipinski definition) is 4. The van der Waals surface area contributed by atoms with Crippen molar-refractivity contribution in [2.24, 2.45) is 0 Å². The average molecular weight is 277 g/mol.